The molecule has 0 fully saturated rings. The number of rotatable bonds is 8. The van der Waals surface area contributed by atoms with E-state index in [1.54, 1.807) is 4.90 Å². The van der Waals surface area contributed by atoms with Gasteiger partial charge in [-0.25, -0.2) is 18.4 Å². The number of esters is 1. The minimum absolute atomic E-state index is 0.0145. The molecule has 2 atom stereocenters. The van der Waals surface area contributed by atoms with Crippen LogP contribution in [-0.2, 0) is 19.6 Å². The smallest absolute Gasteiger partial charge is 0.338 e. The van der Waals surface area contributed by atoms with Crippen molar-refractivity contribution in [2.24, 2.45) is 5.14 Å². The third-order valence-corrected chi connectivity index (χ3v) is 5.61. The molecule has 0 spiro atoms. The highest BCUT2D eigenvalue weighted by molar-refractivity contribution is 7.89. The van der Waals surface area contributed by atoms with Crippen molar-refractivity contribution in [3.63, 3.8) is 0 Å². The molecule has 0 aromatic heterocycles. The van der Waals surface area contributed by atoms with Gasteiger partial charge in [-0.15, -0.1) is 0 Å². The summed E-state index contributed by atoms with van der Waals surface area (Å²) in [6.07, 6.45) is 1.55. The van der Waals surface area contributed by atoms with E-state index in [0.717, 1.165) is 18.9 Å². The summed E-state index contributed by atoms with van der Waals surface area (Å²) in [7, 11) is -4.08. The van der Waals surface area contributed by atoms with E-state index in [0.29, 0.717) is 0 Å². The van der Waals surface area contributed by atoms with Gasteiger partial charge >= 0.3 is 5.97 Å². The van der Waals surface area contributed by atoms with Crippen molar-refractivity contribution in [2.75, 3.05) is 6.61 Å². The number of amides is 1. The Balaban J connectivity index is 2.90. The van der Waals surface area contributed by atoms with Crippen molar-refractivity contribution in [1.82, 2.24) is 4.90 Å². The molecule has 0 aliphatic carbocycles. The van der Waals surface area contributed by atoms with Crippen molar-refractivity contribution >= 4 is 33.5 Å². The highest BCUT2D eigenvalue weighted by Crippen LogP contribution is 2.22. The van der Waals surface area contributed by atoms with Crippen molar-refractivity contribution in [1.29, 1.82) is 0 Å². The van der Waals surface area contributed by atoms with E-state index in [2.05, 4.69) is 0 Å². The molecule has 1 aromatic rings. The maximum absolute atomic E-state index is 12.5. The van der Waals surface area contributed by atoms with E-state index in [1.165, 1.54) is 12.1 Å². The molecule has 1 amide bonds. The summed E-state index contributed by atoms with van der Waals surface area (Å²) < 4.78 is 28.0. The van der Waals surface area contributed by atoms with E-state index >= 15 is 0 Å². The number of ether oxygens (including phenoxy) is 1. The number of benzene rings is 1. The van der Waals surface area contributed by atoms with Crippen LogP contribution in [0.2, 0.25) is 5.02 Å². The van der Waals surface area contributed by atoms with Crippen molar-refractivity contribution in [3.05, 3.63) is 28.8 Å². The molecule has 0 aliphatic heterocycles. The lowest BCUT2D eigenvalue weighted by Gasteiger charge is -2.33. The number of hydrogen-bond donors (Lipinski definition) is 1. The van der Waals surface area contributed by atoms with Crippen molar-refractivity contribution in [2.45, 2.75) is 57.5 Å². The van der Waals surface area contributed by atoms with Gasteiger partial charge in [0.25, 0.3) is 5.91 Å². The lowest BCUT2D eigenvalue weighted by atomic mass is 10.1. The lowest BCUT2D eigenvalue weighted by molar-refractivity contribution is -0.139. The largest absolute Gasteiger partial charge is 0.452 e. The van der Waals surface area contributed by atoms with Gasteiger partial charge in [-0.2, -0.15) is 0 Å². The fourth-order valence-corrected chi connectivity index (χ4v) is 3.52. The van der Waals surface area contributed by atoms with Crippen LogP contribution in [0.15, 0.2) is 23.1 Å². The molecule has 146 valence electrons. The van der Waals surface area contributed by atoms with Crippen LogP contribution in [0.25, 0.3) is 0 Å². The first-order chi connectivity index (χ1) is 12.0. The SMILES string of the molecule is CC[C@@H](C)N(C(=O)COC(=O)c1ccc(Cl)c(S(N)(=O)=O)c1)[C@H](C)CC. The summed E-state index contributed by atoms with van der Waals surface area (Å²) >= 11 is 5.78. The number of primary sulfonamides is 1. The molecule has 0 aliphatic rings. The van der Waals surface area contributed by atoms with E-state index < -0.39 is 22.6 Å². The molecule has 0 saturated heterocycles. The fourth-order valence-electron chi connectivity index (χ4n) is 2.45. The number of hydrogen-bond acceptors (Lipinski definition) is 5. The first-order valence-corrected chi connectivity index (χ1v) is 10.3. The number of nitrogens with two attached hydrogens (primary N) is 1. The lowest BCUT2D eigenvalue weighted by Crippen LogP contribution is -2.46. The summed E-state index contributed by atoms with van der Waals surface area (Å²) in [5.74, 6) is -1.13. The molecule has 0 bridgehead atoms. The Morgan fingerprint density at radius 1 is 1.19 bits per heavy atom. The standard InChI is InChI=1S/C17H25ClN2O5S/c1-5-11(3)20(12(4)6-2)16(21)10-25-17(22)13-7-8-14(18)15(9-13)26(19,23)24/h7-9,11-12H,5-6,10H2,1-4H3,(H2,19,23,24)/t11-,12-/m1/s1. The molecule has 1 rings (SSSR count). The molecule has 0 heterocycles. The van der Waals surface area contributed by atoms with Crippen LogP contribution >= 0.6 is 11.6 Å². The zero-order valence-electron chi connectivity index (χ0n) is 15.4. The summed E-state index contributed by atoms with van der Waals surface area (Å²) in [5, 5.41) is 4.96. The molecule has 2 N–H and O–H groups in total. The maximum atomic E-state index is 12.5. The molecular formula is C17H25ClN2O5S. The zero-order valence-corrected chi connectivity index (χ0v) is 16.9. The fraction of sp³-hybridized carbons (Fsp3) is 0.529. The average Bonchev–Trinajstić information content (AvgIpc) is 2.58. The number of carbonyl (C=O) groups is 2. The topological polar surface area (TPSA) is 107 Å². The van der Waals surface area contributed by atoms with Gasteiger partial charge in [0.2, 0.25) is 10.0 Å². The number of sulfonamides is 1. The van der Waals surface area contributed by atoms with Gasteiger partial charge in [-0.3, -0.25) is 4.79 Å². The van der Waals surface area contributed by atoms with Gasteiger partial charge in [-0.05, 0) is 44.9 Å². The van der Waals surface area contributed by atoms with E-state index in [9.17, 15) is 18.0 Å². The Bertz CT molecular complexity index is 756. The first kappa shape index (κ1) is 22.4. The quantitative estimate of drug-likeness (QED) is 0.670. The molecule has 26 heavy (non-hydrogen) atoms. The zero-order chi connectivity index (χ0) is 20.1. The molecule has 1 aromatic carbocycles. The van der Waals surface area contributed by atoms with Crippen LogP contribution in [0.1, 0.15) is 50.9 Å². The van der Waals surface area contributed by atoms with Crippen molar-refractivity contribution < 1.29 is 22.7 Å². The number of nitrogens with zero attached hydrogens (tertiary/aromatic N) is 1. The highest BCUT2D eigenvalue weighted by Gasteiger charge is 2.25. The van der Waals surface area contributed by atoms with Crippen molar-refractivity contribution in [3.8, 4) is 0 Å². The third kappa shape index (κ3) is 5.69. The Kier molecular flexibility index (Phi) is 8.05. The molecule has 9 heteroatoms. The molecule has 7 nitrogen and oxygen atoms in total. The van der Waals surface area contributed by atoms with Gasteiger partial charge in [0.1, 0.15) is 4.90 Å². The normalized spacial score (nSPS) is 13.8. The van der Waals surface area contributed by atoms with Crippen LogP contribution in [-0.4, -0.2) is 43.9 Å². The number of carbonyl (C=O) groups excluding carboxylic acids is 2. The monoisotopic (exact) mass is 404 g/mol. The first-order valence-electron chi connectivity index (χ1n) is 8.33. The minimum Gasteiger partial charge on any atom is -0.452 e. The molecular weight excluding hydrogens is 380 g/mol. The average molecular weight is 405 g/mol. The minimum atomic E-state index is -4.08. The van der Waals surface area contributed by atoms with Gasteiger partial charge in [0.15, 0.2) is 6.61 Å². The Hall–Kier alpha value is -1.64. The predicted molar refractivity (Wildman–Crippen MR) is 99.5 cm³/mol. The van der Waals surface area contributed by atoms with E-state index in [-0.39, 0.29) is 33.5 Å². The van der Waals surface area contributed by atoms with E-state index in [4.69, 9.17) is 21.5 Å². The summed E-state index contributed by atoms with van der Waals surface area (Å²) in [6, 6.07) is 3.61. The molecule has 0 radical (unpaired) electrons. The maximum Gasteiger partial charge on any atom is 0.338 e. The Morgan fingerprint density at radius 2 is 1.73 bits per heavy atom. The van der Waals surface area contributed by atoms with Crippen LogP contribution in [0.5, 0.6) is 0 Å². The molecule has 0 unspecified atom stereocenters. The summed E-state index contributed by atoms with van der Waals surface area (Å²) in [5.41, 5.74) is -0.0511. The van der Waals surface area contributed by atoms with Gasteiger partial charge in [0, 0.05) is 12.1 Å². The highest BCUT2D eigenvalue weighted by atomic mass is 35.5. The Labute approximate surface area is 159 Å². The second kappa shape index (κ2) is 9.34. The van der Waals surface area contributed by atoms with Gasteiger partial charge < -0.3 is 9.64 Å². The van der Waals surface area contributed by atoms with Crippen LogP contribution in [0.3, 0.4) is 0 Å². The molecule has 0 saturated carbocycles. The second-order valence-electron chi connectivity index (χ2n) is 6.08. The predicted octanol–water partition coefficient (Wildman–Crippen LogP) is 2.57. The summed E-state index contributed by atoms with van der Waals surface area (Å²) in [4.78, 5) is 26.0. The Morgan fingerprint density at radius 3 is 2.19 bits per heavy atom. The van der Waals surface area contributed by atoms with Gasteiger partial charge in [-0.1, -0.05) is 25.4 Å². The van der Waals surface area contributed by atoms with E-state index in [1.807, 2.05) is 27.7 Å². The van der Waals surface area contributed by atoms with Crippen LogP contribution < -0.4 is 5.14 Å². The summed E-state index contributed by atoms with van der Waals surface area (Å²) in [6.45, 7) is 7.39. The second-order valence-corrected chi connectivity index (χ2v) is 8.02. The number of halogens is 1. The van der Waals surface area contributed by atoms with Gasteiger partial charge in [0.05, 0.1) is 10.6 Å². The van der Waals surface area contributed by atoms with Crippen LogP contribution in [0.4, 0.5) is 0 Å². The van der Waals surface area contributed by atoms with Crippen LogP contribution in [0, 0.1) is 0 Å². The third-order valence-electron chi connectivity index (χ3n) is 4.22.